The van der Waals surface area contributed by atoms with Crippen LogP contribution in [0.15, 0.2) is 83.5 Å². The van der Waals surface area contributed by atoms with Crippen LogP contribution in [-0.2, 0) is 28.0 Å². The first-order chi connectivity index (χ1) is 17.3. The number of fused-ring (bicyclic) bond motifs is 1. The van der Waals surface area contributed by atoms with E-state index in [1.807, 2.05) is 53.1 Å². The van der Waals surface area contributed by atoms with Gasteiger partial charge in [-0.3, -0.25) is 4.79 Å². The highest BCUT2D eigenvalue weighted by molar-refractivity contribution is 6.17. The standard InChI is InChI=1S/C31H33N3O2/c1-31(2,3)24-14-9-22(10-15-24)20-34-29(23-12-13-23)33-27-17-16-25(19-26(27)30(34)36)32-28(35)18-11-21-7-5-4-6-8-21/h4-10,14-17,19,23,26H,11-13,18,20H2,1-3H3/p+1. The number of benzene rings is 2. The maximum atomic E-state index is 13.7. The predicted molar refractivity (Wildman–Crippen MR) is 143 cm³/mol. The molecule has 2 aliphatic carbocycles. The van der Waals surface area contributed by atoms with Crippen LogP contribution in [0.4, 0.5) is 0 Å². The van der Waals surface area contributed by atoms with Gasteiger partial charge in [-0.2, -0.15) is 4.58 Å². The maximum Gasteiger partial charge on any atom is 0.325 e. The summed E-state index contributed by atoms with van der Waals surface area (Å²) in [5, 5.41) is 2.98. The van der Waals surface area contributed by atoms with Crippen LogP contribution in [0.1, 0.15) is 56.7 Å². The molecule has 5 rings (SSSR count). The van der Waals surface area contributed by atoms with Crippen LogP contribution >= 0.6 is 0 Å². The molecule has 0 saturated heterocycles. The zero-order valence-electron chi connectivity index (χ0n) is 21.3. The molecule has 5 nitrogen and oxygen atoms in total. The van der Waals surface area contributed by atoms with Gasteiger partial charge >= 0.3 is 11.7 Å². The number of carbonyl (C=O) groups is 2. The predicted octanol–water partition coefficient (Wildman–Crippen LogP) is 5.11. The zero-order valence-corrected chi connectivity index (χ0v) is 21.3. The Morgan fingerprint density at radius 1 is 1.00 bits per heavy atom. The number of aryl methyl sites for hydroxylation is 1. The lowest BCUT2D eigenvalue weighted by Gasteiger charge is -2.21. The number of rotatable bonds is 7. The van der Waals surface area contributed by atoms with E-state index in [-0.39, 0.29) is 17.2 Å². The molecular formula is C31H34N3O2+. The Kier molecular flexibility index (Phi) is 6.57. The van der Waals surface area contributed by atoms with E-state index in [4.69, 9.17) is 4.99 Å². The van der Waals surface area contributed by atoms with Gasteiger partial charge in [0.25, 0.3) is 0 Å². The number of nitrogens with one attached hydrogen (secondary N) is 1. The number of hydrogen-bond donors (Lipinski definition) is 1. The highest BCUT2D eigenvalue weighted by Gasteiger charge is 2.45. The Labute approximate surface area is 213 Å². The monoisotopic (exact) mass is 480 g/mol. The molecule has 2 aromatic carbocycles. The van der Waals surface area contributed by atoms with Crippen molar-refractivity contribution in [2.45, 2.75) is 58.4 Å². The number of amidine groups is 1. The van der Waals surface area contributed by atoms with Gasteiger partial charge < -0.3 is 5.32 Å². The summed E-state index contributed by atoms with van der Waals surface area (Å²) < 4.78 is 1.86. The molecule has 1 aliphatic heterocycles. The van der Waals surface area contributed by atoms with Crippen LogP contribution in [0.2, 0.25) is 0 Å². The van der Waals surface area contributed by atoms with Crippen molar-refractivity contribution < 1.29 is 14.2 Å². The van der Waals surface area contributed by atoms with E-state index < -0.39 is 5.92 Å². The van der Waals surface area contributed by atoms with Gasteiger partial charge in [-0.05, 0) is 64.6 Å². The average molecular weight is 481 g/mol. The Bertz CT molecular complexity index is 1290. The summed E-state index contributed by atoms with van der Waals surface area (Å²) in [5.74, 6) is 0.740. The molecule has 2 aromatic rings. The molecule has 3 aliphatic rings. The van der Waals surface area contributed by atoms with Crippen LogP contribution < -0.4 is 5.32 Å². The van der Waals surface area contributed by atoms with Crippen molar-refractivity contribution >= 4 is 23.4 Å². The van der Waals surface area contributed by atoms with Gasteiger partial charge in [0.05, 0.1) is 5.92 Å². The van der Waals surface area contributed by atoms with Gasteiger partial charge in [0.15, 0.2) is 5.71 Å². The molecule has 184 valence electrons. The van der Waals surface area contributed by atoms with E-state index in [0.717, 1.165) is 35.5 Å². The molecule has 1 atom stereocenters. The molecule has 0 radical (unpaired) electrons. The molecule has 1 heterocycles. The first kappa shape index (κ1) is 24.1. The van der Waals surface area contributed by atoms with E-state index in [2.05, 4.69) is 50.4 Å². The lowest BCUT2D eigenvalue weighted by atomic mass is 9.86. The van der Waals surface area contributed by atoms with Crippen molar-refractivity contribution in [3.8, 4) is 0 Å². The lowest BCUT2D eigenvalue weighted by Crippen LogP contribution is -2.41. The van der Waals surface area contributed by atoms with Gasteiger partial charge in [-0.1, -0.05) is 75.4 Å². The molecule has 1 fully saturated rings. The van der Waals surface area contributed by atoms with E-state index in [1.165, 1.54) is 5.56 Å². The largest absolute Gasteiger partial charge is 0.326 e. The first-order valence-electron chi connectivity index (χ1n) is 12.9. The summed E-state index contributed by atoms with van der Waals surface area (Å²) in [6.45, 7) is 7.11. The third kappa shape index (κ3) is 5.46. The summed E-state index contributed by atoms with van der Waals surface area (Å²) in [6, 6.07) is 18.5. The fraction of sp³-hybridized carbons (Fsp3) is 0.355. The molecule has 1 N–H and O–H groups in total. The second-order valence-corrected chi connectivity index (χ2v) is 11.0. The highest BCUT2D eigenvalue weighted by Crippen LogP contribution is 2.34. The fourth-order valence-corrected chi connectivity index (χ4v) is 4.69. The molecule has 1 unspecified atom stereocenters. The van der Waals surface area contributed by atoms with Crippen molar-refractivity contribution in [3.05, 3.63) is 95.2 Å². The van der Waals surface area contributed by atoms with Crippen LogP contribution in [0.5, 0.6) is 0 Å². The minimum absolute atomic E-state index is 0.0298. The Morgan fingerprint density at radius 3 is 2.39 bits per heavy atom. The van der Waals surface area contributed by atoms with Gasteiger partial charge in [0.2, 0.25) is 5.91 Å². The summed E-state index contributed by atoms with van der Waals surface area (Å²) in [6.07, 6.45) is 8.81. The smallest absolute Gasteiger partial charge is 0.325 e. The summed E-state index contributed by atoms with van der Waals surface area (Å²) >= 11 is 0. The Morgan fingerprint density at radius 2 is 1.72 bits per heavy atom. The quantitative estimate of drug-likeness (QED) is 0.560. The molecule has 5 heteroatoms. The zero-order chi connectivity index (χ0) is 25.3. The van der Waals surface area contributed by atoms with E-state index in [1.54, 1.807) is 0 Å². The fourth-order valence-electron chi connectivity index (χ4n) is 4.69. The molecule has 0 bridgehead atoms. The second-order valence-electron chi connectivity index (χ2n) is 11.0. The van der Waals surface area contributed by atoms with Crippen molar-refractivity contribution in [3.63, 3.8) is 0 Å². The third-order valence-corrected chi connectivity index (χ3v) is 7.02. The summed E-state index contributed by atoms with van der Waals surface area (Å²) in [7, 11) is 0. The Hall–Kier alpha value is -3.60. The maximum absolute atomic E-state index is 13.7. The summed E-state index contributed by atoms with van der Waals surface area (Å²) in [5.41, 5.74) is 5.02. The number of carbonyl (C=O) groups excluding carboxylic acids is 2. The van der Waals surface area contributed by atoms with Crippen molar-refractivity contribution in [2.75, 3.05) is 0 Å². The first-order valence-corrected chi connectivity index (χ1v) is 12.9. The van der Waals surface area contributed by atoms with Crippen LogP contribution in [0.25, 0.3) is 0 Å². The Balaban J connectivity index is 1.31. The van der Waals surface area contributed by atoms with Crippen LogP contribution in [0, 0.1) is 11.8 Å². The van der Waals surface area contributed by atoms with E-state index in [9.17, 15) is 9.59 Å². The van der Waals surface area contributed by atoms with Crippen LogP contribution in [-0.4, -0.2) is 27.9 Å². The number of nitrogens with zero attached hydrogens (tertiary/aromatic N) is 2. The van der Waals surface area contributed by atoms with Crippen molar-refractivity contribution in [2.24, 2.45) is 16.8 Å². The average Bonchev–Trinajstić information content (AvgIpc) is 3.71. The highest BCUT2D eigenvalue weighted by atomic mass is 16.2. The topological polar surface area (TPSA) is 61.5 Å². The van der Waals surface area contributed by atoms with E-state index in [0.29, 0.717) is 31.0 Å². The van der Waals surface area contributed by atoms with Crippen LogP contribution in [0.3, 0.4) is 0 Å². The SMILES string of the molecule is CC(C)(C)c1ccc(C[N+]2=C(C3CC3)N=C3C=CC(NC(=O)CCc4ccccc4)=CC3C2=O)cc1. The number of allylic oxidation sites excluding steroid dienone is 2. The number of amides is 2. The lowest BCUT2D eigenvalue weighted by molar-refractivity contribution is -0.469. The van der Waals surface area contributed by atoms with Gasteiger partial charge in [0, 0.05) is 12.1 Å². The van der Waals surface area contributed by atoms with Crippen molar-refractivity contribution in [1.29, 1.82) is 0 Å². The molecule has 0 aromatic heterocycles. The molecular weight excluding hydrogens is 446 g/mol. The molecule has 1 saturated carbocycles. The second kappa shape index (κ2) is 9.81. The van der Waals surface area contributed by atoms with Gasteiger partial charge in [-0.15, -0.1) is 0 Å². The van der Waals surface area contributed by atoms with Crippen molar-refractivity contribution in [1.82, 2.24) is 5.32 Å². The minimum Gasteiger partial charge on any atom is -0.326 e. The van der Waals surface area contributed by atoms with Gasteiger partial charge in [0.1, 0.15) is 12.5 Å². The number of aliphatic imine (C=N–C) groups is 1. The number of hydrogen-bond acceptors (Lipinski definition) is 3. The third-order valence-electron chi connectivity index (χ3n) is 7.02. The van der Waals surface area contributed by atoms with Gasteiger partial charge in [-0.25, -0.2) is 4.79 Å². The molecule has 36 heavy (non-hydrogen) atoms. The normalized spacial score (nSPS) is 19.5. The molecule has 0 spiro atoms. The minimum atomic E-state index is -0.476. The summed E-state index contributed by atoms with van der Waals surface area (Å²) in [4.78, 5) is 31.2. The molecule has 2 amide bonds. The van der Waals surface area contributed by atoms with E-state index >= 15 is 0 Å².